The highest BCUT2D eigenvalue weighted by Crippen LogP contribution is 2.26. The highest BCUT2D eigenvalue weighted by molar-refractivity contribution is 7.88. The van der Waals surface area contributed by atoms with Crippen molar-refractivity contribution in [2.45, 2.75) is 11.1 Å². The van der Waals surface area contributed by atoms with E-state index in [9.17, 15) is 17.6 Å². The lowest BCUT2D eigenvalue weighted by Gasteiger charge is -2.36. The van der Waals surface area contributed by atoms with Gasteiger partial charge in [0.25, 0.3) is 15.9 Å². The molecule has 1 fully saturated rings. The molecule has 1 unspecified atom stereocenters. The first-order chi connectivity index (χ1) is 12.3. The van der Waals surface area contributed by atoms with Crippen LogP contribution in [-0.4, -0.2) is 57.3 Å². The lowest BCUT2D eigenvalue weighted by Crippen LogP contribution is -2.48. The molecule has 1 aromatic carbocycles. The van der Waals surface area contributed by atoms with Crippen LogP contribution >= 0.6 is 12.4 Å². The lowest BCUT2D eigenvalue weighted by molar-refractivity contribution is 0.0595. The van der Waals surface area contributed by atoms with Gasteiger partial charge in [0, 0.05) is 33.7 Å². The molecule has 1 atom stereocenters. The Balaban J connectivity index is 0.00000261. The van der Waals surface area contributed by atoms with E-state index in [0.717, 1.165) is 4.31 Å². The van der Waals surface area contributed by atoms with Gasteiger partial charge in [-0.1, -0.05) is 12.1 Å². The summed E-state index contributed by atoms with van der Waals surface area (Å²) in [4.78, 5) is 14.4. The molecule has 0 spiro atoms. The maximum atomic E-state index is 13.6. The number of hydrogen-bond acceptors (Lipinski definition) is 5. The van der Waals surface area contributed by atoms with Crippen LogP contribution < -0.4 is 5.32 Å². The third kappa shape index (κ3) is 4.32. The van der Waals surface area contributed by atoms with E-state index in [1.54, 1.807) is 17.0 Å². The summed E-state index contributed by atoms with van der Waals surface area (Å²) in [5.41, 5.74) is 0.665. The van der Waals surface area contributed by atoms with Gasteiger partial charge in [-0.2, -0.15) is 0 Å². The Hall–Kier alpha value is -1.94. The largest absolute Gasteiger partial charge is 0.438 e. The minimum absolute atomic E-state index is 0. The van der Waals surface area contributed by atoms with Crippen molar-refractivity contribution in [3.63, 3.8) is 0 Å². The standard InChI is InChI=1S/C17H20FN3O4S.ClH/c1-20(2)26(23,24)16-7-6-15(25-16)17(22)21-9-8-19-11-14(21)12-4-3-5-13(18)10-12;/h3-7,10,14,19H,8-9,11H2,1-2H3;1H. The molecule has 1 aliphatic rings. The molecule has 2 heterocycles. The van der Waals surface area contributed by atoms with Gasteiger partial charge in [-0.05, 0) is 29.8 Å². The molecule has 2 aromatic rings. The first-order valence-corrected chi connectivity index (χ1v) is 9.54. The Morgan fingerprint density at radius 3 is 2.70 bits per heavy atom. The van der Waals surface area contributed by atoms with E-state index in [-0.39, 0.29) is 35.1 Å². The van der Waals surface area contributed by atoms with Crippen LogP contribution in [0.4, 0.5) is 4.39 Å². The fourth-order valence-corrected chi connectivity index (χ4v) is 3.65. The van der Waals surface area contributed by atoms with Crippen molar-refractivity contribution in [1.82, 2.24) is 14.5 Å². The van der Waals surface area contributed by atoms with E-state index >= 15 is 0 Å². The van der Waals surface area contributed by atoms with Crippen LogP contribution in [0.1, 0.15) is 22.2 Å². The van der Waals surface area contributed by atoms with Crippen LogP contribution in [0.25, 0.3) is 0 Å². The number of carbonyl (C=O) groups is 1. The Morgan fingerprint density at radius 2 is 2.04 bits per heavy atom. The minimum atomic E-state index is -3.76. The first kappa shape index (κ1) is 21.4. The molecular weight excluding hydrogens is 397 g/mol. The molecule has 0 saturated carbocycles. The fraction of sp³-hybridized carbons (Fsp3) is 0.353. The molecule has 0 radical (unpaired) electrons. The summed E-state index contributed by atoms with van der Waals surface area (Å²) in [5.74, 6) is -0.868. The van der Waals surface area contributed by atoms with E-state index < -0.39 is 15.9 Å². The first-order valence-electron chi connectivity index (χ1n) is 8.10. The Morgan fingerprint density at radius 1 is 1.30 bits per heavy atom. The Labute approximate surface area is 163 Å². The normalized spacial score (nSPS) is 17.6. The number of halogens is 2. The SMILES string of the molecule is CN(C)S(=O)(=O)c1ccc(C(=O)N2CCNCC2c2cccc(F)c2)o1.Cl. The molecule has 1 aliphatic heterocycles. The van der Waals surface area contributed by atoms with Gasteiger partial charge >= 0.3 is 0 Å². The topological polar surface area (TPSA) is 82.9 Å². The molecule has 148 valence electrons. The number of piperazine rings is 1. The number of rotatable bonds is 4. The second-order valence-electron chi connectivity index (χ2n) is 6.18. The smallest absolute Gasteiger partial charge is 0.290 e. The van der Waals surface area contributed by atoms with Crippen LogP contribution in [0.15, 0.2) is 45.9 Å². The average Bonchev–Trinajstić information content (AvgIpc) is 3.12. The summed E-state index contributed by atoms with van der Waals surface area (Å²) in [5, 5.41) is 2.90. The lowest BCUT2D eigenvalue weighted by atomic mass is 10.0. The predicted octanol–water partition coefficient (Wildman–Crippen LogP) is 1.88. The number of nitrogens with zero attached hydrogens (tertiary/aromatic N) is 2. The third-order valence-electron chi connectivity index (χ3n) is 4.26. The van der Waals surface area contributed by atoms with Crippen molar-refractivity contribution < 1.29 is 22.0 Å². The minimum Gasteiger partial charge on any atom is -0.438 e. The zero-order chi connectivity index (χ0) is 18.9. The van der Waals surface area contributed by atoms with Crippen LogP contribution in [0.2, 0.25) is 0 Å². The number of amides is 1. The van der Waals surface area contributed by atoms with Crippen molar-refractivity contribution >= 4 is 28.3 Å². The molecule has 7 nitrogen and oxygen atoms in total. The monoisotopic (exact) mass is 417 g/mol. The van der Waals surface area contributed by atoms with Crippen molar-refractivity contribution in [1.29, 1.82) is 0 Å². The molecule has 27 heavy (non-hydrogen) atoms. The van der Waals surface area contributed by atoms with Crippen molar-refractivity contribution in [2.75, 3.05) is 33.7 Å². The summed E-state index contributed by atoms with van der Waals surface area (Å²) in [6.07, 6.45) is 0. The summed E-state index contributed by atoms with van der Waals surface area (Å²) < 4.78 is 44.1. The maximum absolute atomic E-state index is 13.6. The number of benzene rings is 1. The molecular formula is C17H21ClFN3O4S. The number of furan rings is 1. The van der Waals surface area contributed by atoms with Gasteiger partial charge in [-0.15, -0.1) is 12.4 Å². The molecule has 0 aliphatic carbocycles. The van der Waals surface area contributed by atoms with Crippen LogP contribution in [-0.2, 0) is 10.0 Å². The van der Waals surface area contributed by atoms with Crippen molar-refractivity contribution in [3.05, 3.63) is 53.5 Å². The number of hydrogen-bond donors (Lipinski definition) is 1. The number of nitrogens with one attached hydrogen (secondary N) is 1. The fourth-order valence-electron chi connectivity index (χ4n) is 2.85. The van der Waals surface area contributed by atoms with E-state index in [2.05, 4.69) is 5.32 Å². The highest BCUT2D eigenvalue weighted by Gasteiger charge is 2.32. The van der Waals surface area contributed by atoms with E-state index in [4.69, 9.17) is 4.42 Å². The van der Waals surface area contributed by atoms with E-state index in [0.29, 0.717) is 25.2 Å². The zero-order valence-electron chi connectivity index (χ0n) is 14.9. The van der Waals surface area contributed by atoms with E-state index in [1.165, 1.54) is 38.4 Å². The second-order valence-corrected chi connectivity index (χ2v) is 8.26. The quantitative estimate of drug-likeness (QED) is 0.821. The summed E-state index contributed by atoms with van der Waals surface area (Å²) >= 11 is 0. The van der Waals surface area contributed by atoms with Gasteiger partial charge < -0.3 is 14.6 Å². The number of sulfonamides is 1. The highest BCUT2D eigenvalue weighted by atomic mass is 35.5. The van der Waals surface area contributed by atoms with Gasteiger partial charge in [-0.25, -0.2) is 17.1 Å². The van der Waals surface area contributed by atoms with Crippen LogP contribution in [0, 0.1) is 5.82 Å². The van der Waals surface area contributed by atoms with Crippen molar-refractivity contribution in [2.24, 2.45) is 0 Å². The van der Waals surface area contributed by atoms with Gasteiger partial charge in [0.2, 0.25) is 5.09 Å². The third-order valence-corrected chi connectivity index (χ3v) is 5.95. The van der Waals surface area contributed by atoms with Crippen LogP contribution in [0.3, 0.4) is 0 Å². The molecule has 1 N–H and O–H groups in total. The molecule has 1 saturated heterocycles. The summed E-state index contributed by atoms with van der Waals surface area (Å²) in [6, 6.07) is 8.33. The molecule has 10 heteroatoms. The van der Waals surface area contributed by atoms with Gasteiger partial charge in [0.15, 0.2) is 5.76 Å². The molecule has 0 bridgehead atoms. The number of carbonyl (C=O) groups excluding carboxylic acids is 1. The van der Waals surface area contributed by atoms with Gasteiger partial charge in [0.1, 0.15) is 5.82 Å². The maximum Gasteiger partial charge on any atom is 0.290 e. The Bertz CT molecular complexity index is 916. The second kappa shape index (κ2) is 8.39. The average molecular weight is 418 g/mol. The van der Waals surface area contributed by atoms with Crippen molar-refractivity contribution in [3.8, 4) is 0 Å². The predicted molar refractivity (Wildman–Crippen MR) is 99.9 cm³/mol. The molecule has 1 aromatic heterocycles. The summed E-state index contributed by atoms with van der Waals surface area (Å²) in [6.45, 7) is 1.45. The van der Waals surface area contributed by atoms with Gasteiger partial charge in [-0.3, -0.25) is 4.79 Å². The summed E-state index contributed by atoms with van der Waals surface area (Å²) in [7, 11) is -0.989. The van der Waals surface area contributed by atoms with Gasteiger partial charge in [0.05, 0.1) is 6.04 Å². The molecule has 1 amide bonds. The Kier molecular flexibility index (Phi) is 6.63. The van der Waals surface area contributed by atoms with Crippen LogP contribution in [0.5, 0.6) is 0 Å². The zero-order valence-corrected chi connectivity index (χ0v) is 16.5. The molecule has 3 rings (SSSR count). The van der Waals surface area contributed by atoms with E-state index in [1.807, 2.05) is 0 Å².